The van der Waals surface area contributed by atoms with Gasteiger partial charge in [0.15, 0.2) is 5.78 Å². The lowest BCUT2D eigenvalue weighted by Crippen LogP contribution is -2.30. The number of H-pyrrole nitrogens is 1. The molecule has 2 heterocycles. The Balaban J connectivity index is 1.76. The standard InChI is InChI=1S/C24H23N3O4/c1-30-15-11-12-16(19(13-15)31-2)20-21-17(9-6-10-18(21)28)25-23-22(20)24(29)27(26-23)14-7-4-3-5-8-14/h3-5,7-8,11-13,20,25-26H,6,9-10H2,1-2H3/t20-/m1/s1. The van der Waals surface area contributed by atoms with Crippen molar-refractivity contribution in [3.8, 4) is 17.2 Å². The molecule has 5 rings (SSSR count). The van der Waals surface area contributed by atoms with E-state index in [0.29, 0.717) is 34.9 Å². The molecule has 1 aliphatic heterocycles. The van der Waals surface area contributed by atoms with Crippen molar-refractivity contribution in [1.82, 2.24) is 9.78 Å². The first kappa shape index (κ1) is 19.2. The highest BCUT2D eigenvalue weighted by Crippen LogP contribution is 2.46. The molecule has 0 bridgehead atoms. The second kappa shape index (κ2) is 7.50. The number of hydrogen-bond acceptors (Lipinski definition) is 5. The van der Waals surface area contributed by atoms with Gasteiger partial charge in [-0.2, -0.15) is 0 Å². The Labute approximate surface area is 179 Å². The van der Waals surface area contributed by atoms with Crippen LogP contribution in [0.3, 0.4) is 0 Å². The van der Waals surface area contributed by atoms with Gasteiger partial charge < -0.3 is 14.8 Å². The minimum atomic E-state index is -0.520. The van der Waals surface area contributed by atoms with E-state index in [9.17, 15) is 9.59 Å². The Bertz CT molecular complexity index is 1250. The van der Waals surface area contributed by atoms with Crippen LogP contribution >= 0.6 is 0 Å². The van der Waals surface area contributed by atoms with Crippen molar-refractivity contribution in [2.45, 2.75) is 25.2 Å². The van der Waals surface area contributed by atoms with E-state index in [0.717, 1.165) is 29.8 Å². The zero-order valence-corrected chi connectivity index (χ0v) is 17.4. The Kier molecular flexibility index (Phi) is 4.66. The number of Topliss-reactive ketones (excluding diaryl/α,β-unsaturated/α-hetero) is 1. The van der Waals surface area contributed by atoms with Gasteiger partial charge in [-0.3, -0.25) is 14.7 Å². The molecule has 158 valence electrons. The molecule has 3 aromatic rings. The summed E-state index contributed by atoms with van der Waals surface area (Å²) in [6.07, 6.45) is 2.02. The van der Waals surface area contributed by atoms with Gasteiger partial charge in [0, 0.05) is 29.3 Å². The number of hydrogen-bond donors (Lipinski definition) is 2. The van der Waals surface area contributed by atoms with Crippen LogP contribution in [-0.2, 0) is 4.79 Å². The summed E-state index contributed by atoms with van der Waals surface area (Å²) in [7, 11) is 3.17. The van der Waals surface area contributed by atoms with Gasteiger partial charge in [0.1, 0.15) is 17.3 Å². The molecule has 1 atom stereocenters. The number of nitrogens with zero attached hydrogens (tertiary/aromatic N) is 1. The van der Waals surface area contributed by atoms with Crippen molar-refractivity contribution in [1.29, 1.82) is 0 Å². The molecular weight excluding hydrogens is 394 g/mol. The first-order valence-corrected chi connectivity index (χ1v) is 10.3. The molecule has 2 N–H and O–H groups in total. The molecule has 0 saturated heterocycles. The van der Waals surface area contributed by atoms with Gasteiger partial charge in [-0.25, -0.2) is 4.68 Å². The third kappa shape index (κ3) is 3.04. The fraction of sp³-hybridized carbons (Fsp3) is 0.250. The first-order chi connectivity index (χ1) is 15.1. The molecule has 0 spiro atoms. The van der Waals surface area contributed by atoms with Crippen molar-refractivity contribution in [3.63, 3.8) is 0 Å². The third-order valence-corrected chi connectivity index (χ3v) is 6.00. The summed E-state index contributed by atoms with van der Waals surface area (Å²) in [5, 5.41) is 6.54. The van der Waals surface area contributed by atoms with E-state index in [1.807, 2.05) is 42.5 Å². The molecule has 1 aromatic heterocycles. The van der Waals surface area contributed by atoms with Gasteiger partial charge in [-0.15, -0.1) is 0 Å². The first-order valence-electron chi connectivity index (χ1n) is 10.3. The lowest BCUT2D eigenvalue weighted by Gasteiger charge is -2.31. The van der Waals surface area contributed by atoms with Crippen LogP contribution in [-0.4, -0.2) is 29.8 Å². The molecular formula is C24H23N3O4. The van der Waals surface area contributed by atoms with Crippen molar-refractivity contribution in [2.75, 3.05) is 19.5 Å². The van der Waals surface area contributed by atoms with Crippen LogP contribution in [0.4, 0.5) is 5.82 Å². The number of ether oxygens (including phenoxy) is 2. The van der Waals surface area contributed by atoms with E-state index in [1.165, 1.54) is 4.68 Å². The molecule has 0 radical (unpaired) electrons. The van der Waals surface area contributed by atoms with Crippen LogP contribution in [0.5, 0.6) is 11.5 Å². The van der Waals surface area contributed by atoms with Crippen LogP contribution in [0, 0.1) is 0 Å². The van der Waals surface area contributed by atoms with Crippen LogP contribution in [0.15, 0.2) is 64.6 Å². The number of aromatic nitrogens is 2. The lowest BCUT2D eigenvalue weighted by molar-refractivity contribution is -0.116. The van der Waals surface area contributed by atoms with Crippen LogP contribution < -0.4 is 20.3 Å². The SMILES string of the molecule is COc1ccc([C@@H]2C3=C(CCCC3=O)Nc3[nH]n(-c4ccccc4)c(=O)c32)c(OC)c1. The number of benzene rings is 2. The normalized spacial score (nSPS) is 17.6. The molecule has 0 fully saturated rings. The highest BCUT2D eigenvalue weighted by Gasteiger charge is 2.40. The van der Waals surface area contributed by atoms with Crippen LogP contribution in [0.1, 0.15) is 36.3 Å². The van der Waals surface area contributed by atoms with Crippen LogP contribution in [0.2, 0.25) is 0 Å². The van der Waals surface area contributed by atoms with E-state index >= 15 is 0 Å². The fourth-order valence-corrected chi connectivity index (χ4v) is 4.56. The topological polar surface area (TPSA) is 85.4 Å². The molecule has 0 amide bonds. The predicted molar refractivity (Wildman–Crippen MR) is 117 cm³/mol. The van der Waals surface area contributed by atoms with Crippen molar-refractivity contribution < 1.29 is 14.3 Å². The molecule has 0 unspecified atom stereocenters. The maximum absolute atomic E-state index is 13.6. The Morgan fingerprint density at radius 1 is 1.00 bits per heavy atom. The number of para-hydroxylation sites is 1. The average molecular weight is 417 g/mol. The highest BCUT2D eigenvalue weighted by molar-refractivity contribution is 6.01. The van der Waals surface area contributed by atoms with E-state index in [2.05, 4.69) is 10.4 Å². The van der Waals surface area contributed by atoms with E-state index in [1.54, 1.807) is 20.3 Å². The number of nitrogens with one attached hydrogen (secondary N) is 2. The summed E-state index contributed by atoms with van der Waals surface area (Å²) >= 11 is 0. The quantitative estimate of drug-likeness (QED) is 0.675. The predicted octanol–water partition coefficient (Wildman–Crippen LogP) is 3.75. The van der Waals surface area contributed by atoms with Crippen molar-refractivity contribution in [2.24, 2.45) is 0 Å². The maximum atomic E-state index is 13.6. The molecule has 1 aliphatic carbocycles. The minimum Gasteiger partial charge on any atom is -0.497 e. The van der Waals surface area contributed by atoms with Gasteiger partial charge in [0.25, 0.3) is 5.56 Å². The largest absolute Gasteiger partial charge is 0.497 e. The molecule has 7 heteroatoms. The number of fused-ring (bicyclic) bond motifs is 1. The van der Waals surface area contributed by atoms with E-state index < -0.39 is 5.92 Å². The fourth-order valence-electron chi connectivity index (χ4n) is 4.56. The van der Waals surface area contributed by atoms with Gasteiger partial charge in [-0.1, -0.05) is 24.3 Å². The molecule has 0 saturated carbocycles. The zero-order valence-electron chi connectivity index (χ0n) is 17.4. The molecule has 2 aliphatic rings. The Hall–Kier alpha value is -3.74. The number of ketones is 1. The summed E-state index contributed by atoms with van der Waals surface area (Å²) < 4.78 is 12.5. The van der Waals surface area contributed by atoms with Gasteiger partial charge in [-0.05, 0) is 31.0 Å². The number of carbonyl (C=O) groups excluding carboxylic acids is 1. The number of anilines is 1. The Morgan fingerprint density at radius 3 is 2.55 bits per heavy atom. The number of allylic oxidation sites excluding steroid dienone is 2. The highest BCUT2D eigenvalue weighted by atomic mass is 16.5. The van der Waals surface area contributed by atoms with E-state index in [4.69, 9.17) is 9.47 Å². The molecule has 31 heavy (non-hydrogen) atoms. The summed E-state index contributed by atoms with van der Waals surface area (Å²) in [6.45, 7) is 0. The molecule has 7 nitrogen and oxygen atoms in total. The molecule has 2 aromatic carbocycles. The summed E-state index contributed by atoms with van der Waals surface area (Å²) in [5.41, 5.74) is 3.34. The number of methoxy groups -OCH3 is 2. The maximum Gasteiger partial charge on any atom is 0.277 e. The van der Waals surface area contributed by atoms with Gasteiger partial charge in [0.2, 0.25) is 0 Å². The second-order valence-corrected chi connectivity index (χ2v) is 7.71. The van der Waals surface area contributed by atoms with E-state index in [-0.39, 0.29) is 11.3 Å². The third-order valence-electron chi connectivity index (χ3n) is 6.00. The monoisotopic (exact) mass is 417 g/mol. The second-order valence-electron chi connectivity index (χ2n) is 7.71. The van der Waals surface area contributed by atoms with Gasteiger partial charge >= 0.3 is 0 Å². The van der Waals surface area contributed by atoms with Crippen LogP contribution in [0.25, 0.3) is 5.69 Å². The summed E-state index contributed by atoms with van der Waals surface area (Å²) in [4.78, 5) is 26.6. The van der Waals surface area contributed by atoms with Crippen molar-refractivity contribution >= 4 is 11.6 Å². The lowest BCUT2D eigenvalue weighted by atomic mass is 9.76. The number of rotatable bonds is 4. The van der Waals surface area contributed by atoms with Crippen molar-refractivity contribution in [3.05, 3.63) is 81.3 Å². The number of aromatic amines is 1. The minimum absolute atomic E-state index is 0.0640. The Morgan fingerprint density at radius 2 is 1.81 bits per heavy atom. The summed E-state index contributed by atoms with van der Waals surface area (Å²) in [5.74, 6) is 1.39. The number of carbonyl (C=O) groups is 1. The average Bonchev–Trinajstić information content (AvgIpc) is 3.14. The smallest absolute Gasteiger partial charge is 0.277 e. The zero-order chi connectivity index (χ0) is 21.5. The van der Waals surface area contributed by atoms with Gasteiger partial charge in [0.05, 0.1) is 31.4 Å². The summed E-state index contributed by atoms with van der Waals surface area (Å²) in [6, 6.07) is 14.9.